The van der Waals surface area contributed by atoms with Gasteiger partial charge in [0.25, 0.3) is 0 Å². The van der Waals surface area contributed by atoms with E-state index in [0.717, 1.165) is 54.8 Å². The summed E-state index contributed by atoms with van der Waals surface area (Å²) in [5.41, 5.74) is 0.543. The van der Waals surface area contributed by atoms with E-state index in [-0.39, 0.29) is 11.8 Å². The van der Waals surface area contributed by atoms with Crippen molar-refractivity contribution in [1.29, 1.82) is 0 Å². The highest BCUT2D eigenvalue weighted by atomic mass is 79.9. The lowest BCUT2D eigenvalue weighted by atomic mass is 9.77. The Morgan fingerprint density at radius 2 is 1.69 bits per heavy atom. The van der Waals surface area contributed by atoms with Crippen LogP contribution in [0.25, 0.3) is 0 Å². The average molecular weight is 563 g/mol. The number of hydrogen-bond donors (Lipinski definition) is 0. The van der Waals surface area contributed by atoms with Crippen molar-refractivity contribution in [2.45, 2.75) is 25.7 Å². The molecule has 188 valence electrons. The number of benzene rings is 2. The van der Waals surface area contributed by atoms with Crippen molar-refractivity contribution >= 4 is 39.3 Å². The van der Waals surface area contributed by atoms with Crippen molar-refractivity contribution in [1.82, 2.24) is 14.7 Å². The fourth-order valence-electron chi connectivity index (χ4n) is 4.91. The largest absolute Gasteiger partial charge is 0.493 e. The number of likely N-dealkylation sites (tertiary alicyclic amines) is 1. The summed E-state index contributed by atoms with van der Waals surface area (Å²) < 4.78 is 7.13. The fraction of sp³-hybridized carbons (Fsp3) is 0.481. The molecule has 0 saturated carbocycles. The van der Waals surface area contributed by atoms with E-state index in [1.807, 2.05) is 46.2 Å². The molecule has 0 unspecified atom stereocenters. The quantitative estimate of drug-likeness (QED) is 0.499. The highest BCUT2D eigenvalue weighted by Gasteiger charge is 2.41. The molecule has 2 heterocycles. The maximum Gasteiger partial charge on any atom is 0.227 e. The van der Waals surface area contributed by atoms with Gasteiger partial charge in [-0.25, -0.2) is 0 Å². The van der Waals surface area contributed by atoms with Gasteiger partial charge < -0.3 is 19.4 Å². The van der Waals surface area contributed by atoms with E-state index in [0.29, 0.717) is 37.6 Å². The molecular weight excluding hydrogens is 530 g/mol. The number of piperidine rings is 1. The topological polar surface area (TPSA) is 53.1 Å². The molecule has 2 amide bonds. The second-order valence-electron chi connectivity index (χ2n) is 9.79. The van der Waals surface area contributed by atoms with Crippen LogP contribution in [-0.4, -0.2) is 79.4 Å². The van der Waals surface area contributed by atoms with E-state index in [2.05, 4.69) is 27.9 Å². The van der Waals surface area contributed by atoms with Gasteiger partial charge in [-0.15, -0.1) is 0 Å². The van der Waals surface area contributed by atoms with E-state index < -0.39 is 5.41 Å². The maximum absolute atomic E-state index is 13.4. The SMILES string of the molecule is CN1CCN(C(=O)C[C@@]2(COc3ccc(Cl)cc3)CCCN(C(=O)Cc3ccccc3Br)C2)CC1. The first kappa shape index (κ1) is 26.0. The van der Waals surface area contributed by atoms with Crippen molar-refractivity contribution < 1.29 is 14.3 Å². The van der Waals surface area contributed by atoms with Crippen LogP contribution in [-0.2, 0) is 16.0 Å². The summed E-state index contributed by atoms with van der Waals surface area (Å²) in [5.74, 6) is 0.954. The smallest absolute Gasteiger partial charge is 0.227 e. The average Bonchev–Trinajstić information content (AvgIpc) is 2.85. The second-order valence-corrected chi connectivity index (χ2v) is 11.1. The van der Waals surface area contributed by atoms with Gasteiger partial charge in [0.05, 0.1) is 13.0 Å². The predicted molar refractivity (Wildman–Crippen MR) is 142 cm³/mol. The molecule has 0 bridgehead atoms. The number of halogens is 2. The molecule has 4 rings (SSSR count). The van der Waals surface area contributed by atoms with Crippen LogP contribution in [0.5, 0.6) is 5.75 Å². The lowest BCUT2D eigenvalue weighted by molar-refractivity contribution is -0.142. The minimum Gasteiger partial charge on any atom is -0.493 e. The first-order valence-electron chi connectivity index (χ1n) is 12.2. The molecule has 0 N–H and O–H groups in total. The summed E-state index contributed by atoms with van der Waals surface area (Å²) in [5, 5.41) is 0.652. The van der Waals surface area contributed by atoms with Gasteiger partial charge in [0, 0.05) is 60.6 Å². The highest BCUT2D eigenvalue weighted by molar-refractivity contribution is 9.10. The lowest BCUT2D eigenvalue weighted by Crippen LogP contribution is -2.53. The molecule has 2 aromatic rings. The number of carbonyl (C=O) groups excluding carboxylic acids is 2. The van der Waals surface area contributed by atoms with Gasteiger partial charge in [-0.3, -0.25) is 9.59 Å². The van der Waals surface area contributed by atoms with Crippen LogP contribution in [0.2, 0.25) is 5.02 Å². The molecule has 2 fully saturated rings. The van der Waals surface area contributed by atoms with E-state index in [1.54, 1.807) is 12.1 Å². The Hall–Kier alpha value is -2.09. The first-order valence-corrected chi connectivity index (χ1v) is 13.4. The molecular formula is C27H33BrClN3O3. The molecule has 2 aliphatic heterocycles. The summed E-state index contributed by atoms with van der Waals surface area (Å²) in [6.45, 7) is 4.86. The summed E-state index contributed by atoms with van der Waals surface area (Å²) in [7, 11) is 2.08. The van der Waals surface area contributed by atoms with E-state index in [9.17, 15) is 9.59 Å². The number of amides is 2. The molecule has 2 aromatic carbocycles. The first-order chi connectivity index (χ1) is 16.8. The van der Waals surface area contributed by atoms with Crippen LogP contribution in [0.3, 0.4) is 0 Å². The Bertz CT molecular complexity index is 1030. The van der Waals surface area contributed by atoms with Crippen molar-refractivity contribution in [2.75, 3.05) is 52.9 Å². The minimum absolute atomic E-state index is 0.0829. The van der Waals surface area contributed by atoms with Crippen LogP contribution in [0.4, 0.5) is 0 Å². The van der Waals surface area contributed by atoms with Crippen LogP contribution in [0.15, 0.2) is 53.0 Å². The number of ether oxygens (including phenoxy) is 1. The number of hydrogen-bond acceptors (Lipinski definition) is 4. The Balaban J connectivity index is 1.49. The molecule has 2 saturated heterocycles. The summed E-state index contributed by atoms with van der Waals surface area (Å²) in [6, 6.07) is 15.1. The van der Waals surface area contributed by atoms with E-state index >= 15 is 0 Å². The third-order valence-electron chi connectivity index (χ3n) is 7.05. The maximum atomic E-state index is 13.4. The van der Waals surface area contributed by atoms with Gasteiger partial charge in [0.2, 0.25) is 11.8 Å². The van der Waals surface area contributed by atoms with Crippen LogP contribution in [0, 0.1) is 5.41 Å². The summed E-state index contributed by atoms with van der Waals surface area (Å²) >= 11 is 9.58. The molecule has 35 heavy (non-hydrogen) atoms. The fourth-order valence-corrected chi connectivity index (χ4v) is 5.46. The zero-order valence-corrected chi connectivity index (χ0v) is 22.6. The van der Waals surface area contributed by atoms with Gasteiger partial charge in [-0.1, -0.05) is 45.7 Å². The standard InChI is InChI=1S/C27H33BrClN3O3/c1-30-13-15-31(16-14-30)26(34)18-27(20-35-23-9-7-22(29)8-10-23)11-4-12-32(19-27)25(33)17-21-5-2-3-6-24(21)28/h2-3,5-10H,4,11-20H2,1H3/t27-/m0/s1. The number of rotatable bonds is 7. The molecule has 0 aliphatic carbocycles. The minimum atomic E-state index is -0.429. The molecule has 0 radical (unpaired) electrons. The Kier molecular flexibility index (Phi) is 8.73. The Morgan fingerprint density at radius 1 is 0.971 bits per heavy atom. The second kappa shape index (κ2) is 11.8. The van der Waals surface area contributed by atoms with Crippen LogP contribution >= 0.6 is 27.5 Å². The van der Waals surface area contributed by atoms with Gasteiger partial charge in [-0.2, -0.15) is 0 Å². The molecule has 2 aliphatic rings. The highest BCUT2D eigenvalue weighted by Crippen LogP contribution is 2.36. The number of nitrogens with zero attached hydrogens (tertiary/aromatic N) is 3. The van der Waals surface area contributed by atoms with Gasteiger partial charge in [0.1, 0.15) is 5.75 Å². The summed E-state index contributed by atoms with van der Waals surface area (Å²) in [6.07, 6.45) is 2.41. The van der Waals surface area contributed by atoms with E-state index in [4.69, 9.17) is 16.3 Å². The zero-order valence-electron chi connectivity index (χ0n) is 20.2. The molecule has 0 spiro atoms. The van der Waals surface area contributed by atoms with Crippen LogP contribution in [0.1, 0.15) is 24.8 Å². The molecule has 1 atom stereocenters. The third kappa shape index (κ3) is 6.99. The van der Waals surface area contributed by atoms with Crippen LogP contribution < -0.4 is 4.74 Å². The van der Waals surface area contributed by atoms with Crippen molar-refractivity contribution in [3.05, 3.63) is 63.6 Å². The van der Waals surface area contributed by atoms with Gasteiger partial charge >= 0.3 is 0 Å². The predicted octanol–water partition coefficient (Wildman–Crippen LogP) is 4.50. The van der Waals surface area contributed by atoms with Crippen molar-refractivity contribution in [2.24, 2.45) is 5.41 Å². The Labute approximate surface area is 221 Å². The van der Waals surface area contributed by atoms with Gasteiger partial charge in [0.15, 0.2) is 0 Å². The third-order valence-corrected chi connectivity index (χ3v) is 8.08. The number of piperazine rings is 1. The van der Waals surface area contributed by atoms with Crippen molar-refractivity contribution in [3.8, 4) is 5.75 Å². The molecule has 8 heteroatoms. The molecule has 0 aromatic heterocycles. The normalized spacial score (nSPS) is 21.1. The zero-order chi connectivity index (χ0) is 24.8. The number of carbonyl (C=O) groups is 2. The number of likely N-dealkylation sites (N-methyl/N-ethyl adjacent to an activating group) is 1. The Morgan fingerprint density at radius 3 is 2.40 bits per heavy atom. The van der Waals surface area contributed by atoms with Gasteiger partial charge in [-0.05, 0) is 55.8 Å². The van der Waals surface area contributed by atoms with E-state index in [1.165, 1.54) is 0 Å². The monoisotopic (exact) mass is 561 g/mol. The lowest BCUT2D eigenvalue weighted by Gasteiger charge is -2.43. The van der Waals surface area contributed by atoms with Crippen molar-refractivity contribution in [3.63, 3.8) is 0 Å². The molecule has 6 nitrogen and oxygen atoms in total. The summed E-state index contributed by atoms with van der Waals surface area (Å²) in [4.78, 5) is 32.8.